The van der Waals surface area contributed by atoms with Gasteiger partial charge >= 0.3 is 0 Å². The number of rotatable bonds is 10. The molecule has 1 spiro atoms. The lowest BCUT2D eigenvalue weighted by molar-refractivity contribution is -0.120. The lowest BCUT2D eigenvalue weighted by Gasteiger charge is -2.35. The molecule has 1 amide bonds. The molecule has 2 atom stereocenters. The number of fused-ring (bicyclic) bond motifs is 2. The summed E-state index contributed by atoms with van der Waals surface area (Å²) < 4.78 is 34.2. The number of carbonyl (C=O) groups excluding carboxylic acids is 3. The summed E-state index contributed by atoms with van der Waals surface area (Å²) >= 11 is 6.61. The van der Waals surface area contributed by atoms with E-state index in [0.29, 0.717) is 45.8 Å². The first-order chi connectivity index (χ1) is 24.2. The normalized spacial score (nSPS) is 17.7. The highest BCUT2D eigenvalue weighted by atomic mass is 35.5. The summed E-state index contributed by atoms with van der Waals surface area (Å²) in [7, 11) is 4.37. The molecule has 0 saturated heterocycles. The predicted molar refractivity (Wildman–Crippen MR) is 178 cm³/mol. The number of hydrogen-bond donors (Lipinski definition) is 1. The summed E-state index contributed by atoms with van der Waals surface area (Å²) in [6, 6.07) is 13.9. The largest absolute Gasteiger partial charge is 0.497 e. The van der Waals surface area contributed by atoms with Crippen LogP contribution in [0.3, 0.4) is 0 Å². The van der Waals surface area contributed by atoms with E-state index < -0.39 is 29.0 Å². The maximum absolute atomic E-state index is 14.8. The molecule has 256 valence electrons. The quantitative estimate of drug-likeness (QED) is 0.186. The molecule has 13 nitrogen and oxygen atoms in total. The summed E-state index contributed by atoms with van der Waals surface area (Å²) in [5.74, 6) is 0.0256. The minimum Gasteiger partial charge on any atom is -0.497 e. The number of ether oxygens (including phenoxy) is 4. The molecule has 2 aliphatic rings. The van der Waals surface area contributed by atoms with Gasteiger partial charge in [-0.2, -0.15) is 4.98 Å². The maximum Gasteiger partial charge on any atom is 0.237 e. The van der Waals surface area contributed by atoms with Gasteiger partial charge in [0.2, 0.25) is 34.8 Å². The molecule has 1 aliphatic carbocycles. The number of pyridine rings is 1. The van der Waals surface area contributed by atoms with Crippen molar-refractivity contribution in [1.82, 2.24) is 20.4 Å². The highest BCUT2D eigenvalue weighted by Crippen LogP contribution is 2.54. The van der Waals surface area contributed by atoms with E-state index in [1.807, 2.05) is 6.07 Å². The van der Waals surface area contributed by atoms with Gasteiger partial charge in [0.25, 0.3) is 0 Å². The molecular formula is C36H31ClN4O9. The SMILES string of the molecule is COc1ccc(-c2oc3c(c2CC(=O)NCCc2nc(-c4ccccn4)no2)C(=O)C2(Oc4c(Cl)c(OC)cc(OC)c4C2=O)C(C)C3)cc1. The average molecular weight is 699 g/mol. The Morgan fingerprint density at radius 2 is 1.78 bits per heavy atom. The van der Waals surface area contributed by atoms with Crippen molar-refractivity contribution < 1.29 is 42.3 Å². The van der Waals surface area contributed by atoms with E-state index >= 15 is 0 Å². The Bertz CT molecular complexity index is 2130. The van der Waals surface area contributed by atoms with Crippen molar-refractivity contribution in [2.24, 2.45) is 5.92 Å². The number of ketones is 2. The van der Waals surface area contributed by atoms with Crippen molar-refractivity contribution in [2.75, 3.05) is 27.9 Å². The van der Waals surface area contributed by atoms with E-state index in [1.165, 1.54) is 20.3 Å². The Morgan fingerprint density at radius 1 is 1.02 bits per heavy atom. The van der Waals surface area contributed by atoms with Crippen LogP contribution in [0.25, 0.3) is 22.8 Å². The van der Waals surface area contributed by atoms with Crippen LogP contribution < -0.4 is 24.3 Å². The molecule has 0 saturated carbocycles. The Kier molecular flexibility index (Phi) is 8.52. The molecule has 5 aromatic rings. The van der Waals surface area contributed by atoms with Gasteiger partial charge in [0.1, 0.15) is 45.0 Å². The lowest BCUT2D eigenvalue weighted by atomic mass is 9.70. The van der Waals surface area contributed by atoms with Gasteiger partial charge in [0, 0.05) is 48.7 Å². The minimum absolute atomic E-state index is 0.00177. The van der Waals surface area contributed by atoms with Crippen molar-refractivity contribution in [1.29, 1.82) is 0 Å². The first kappa shape index (κ1) is 32.8. The summed E-state index contributed by atoms with van der Waals surface area (Å²) in [5, 5.41) is 6.87. The molecule has 2 aromatic carbocycles. The number of methoxy groups -OCH3 is 3. The van der Waals surface area contributed by atoms with Gasteiger partial charge in [-0.1, -0.05) is 29.7 Å². The third-order valence-electron chi connectivity index (χ3n) is 8.96. The first-order valence-corrected chi connectivity index (χ1v) is 16.1. The maximum atomic E-state index is 14.8. The van der Waals surface area contributed by atoms with E-state index in [4.69, 9.17) is 39.5 Å². The molecule has 0 radical (unpaired) electrons. The van der Waals surface area contributed by atoms with Crippen LogP contribution >= 0.6 is 11.6 Å². The van der Waals surface area contributed by atoms with Crippen LogP contribution in [0.1, 0.15) is 44.9 Å². The fourth-order valence-corrected chi connectivity index (χ4v) is 6.73. The van der Waals surface area contributed by atoms with Crippen LogP contribution in [0.15, 0.2) is 63.7 Å². The van der Waals surface area contributed by atoms with Gasteiger partial charge in [-0.3, -0.25) is 19.4 Å². The molecule has 1 N–H and O–H groups in total. The van der Waals surface area contributed by atoms with E-state index in [9.17, 15) is 14.4 Å². The molecule has 1 aliphatic heterocycles. The van der Waals surface area contributed by atoms with Gasteiger partial charge in [-0.25, -0.2) is 0 Å². The van der Waals surface area contributed by atoms with Crippen LogP contribution in [0.2, 0.25) is 5.02 Å². The fourth-order valence-electron chi connectivity index (χ4n) is 6.46. The van der Waals surface area contributed by atoms with Crippen molar-refractivity contribution in [2.45, 2.75) is 31.8 Å². The van der Waals surface area contributed by atoms with Crippen molar-refractivity contribution in [3.8, 4) is 45.8 Å². The number of Topliss-reactive ketones (excluding diaryl/α,β-unsaturated/α-hetero) is 2. The number of hydrogen-bond acceptors (Lipinski definition) is 12. The van der Waals surface area contributed by atoms with Crippen molar-refractivity contribution >= 4 is 29.1 Å². The van der Waals surface area contributed by atoms with Crippen LogP contribution in [0.4, 0.5) is 0 Å². The zero-order valence-corrected chi connectivity index (χ0v) is 28.3. The highest BCUT2D eigenvalue weighted by Gasteiger charge is 2.63. The van der Waals surface area contributed by atoms with Gasteiger partial charge in [0.05, 0.1) is 33.3 Å². The topological polar surface area (TPSA) is 165 Å². The van der Waals surface area contributed by atoms with E-state index in [2.05, 4.69) is 20.4 Å². The average Bonchev–Trinajstić information content (AvgIpc) is 3.83. The number of carbonyl (C=O) groups is 3. The molecule has 0 fully saturated rings. The second-order valence-electron chi connectivity index (χ2n) is 11.8. The number of furan rings is 1. The van der Waals surface area contributed by atoms with E-state index in [0.717, 1.165) is 0 Å². The zero-order chi connectivity index (χ0) is 35.2. The molecule has 50 heavy (non-hydrogen) atoms. The minimum atomic E-state index is -1.98. The summed E-state index contributed by atoms with van der Waals surface area (Å²) in [4.78, 5) is 51.2. The van der Waals surface area contributed by atoms with Gasteiger partial charge in [-0.05, 0) is 36.4 Å². The monoisotopic (exact) mass is 698 g/mol. The second-order valence-corrected chi connectivity index (χ2v) is 12.2. The molecular weight excluding hydrogens is 668 g/mol. The number of amides is 1. The fraction of sp³-hybridized carbons (Fsp3) is 0.278. The molecule has 14 heteroatoms. The zero-order valence-electron chi connectivity index (χ0n) is 27.5. The number of benzene rings is 2. The Morgan fingerprint density at radius 3 is 2.48 bits per heavy atom. The van der Waals surface area contributed by atoms with E-state index in [1.54, 1.807) is 56.6 Å². The van der Waals surface area contributed by atoms with Gasteiger partial charge < -0.3 is 33.2 Å². The third-order valence-corrected chi connectivity index (χ3v) is 9.32. The summed E-state index contributed by atoms with van der Waals surface area (Å²) in [5.41, 5.74) is -0.323. The lowest BCUT2D eigenvalue weighted by Crippen LogP contribution is -2.56. The number of halogens is 1. The smallest absolute Gasteiger partial charge is 0.237 e. The second kappa shape index (κ2) is 13.0. The van der Waals surface area contributed by atoms with Crippen LogP contribution in [-0.2, 0) is 24.1 Å². The van der Waals surface area contributed by atoms with Gasteiger partial charge in [0.15, 0.2) is 5.75 Å². The predicted octanol–water partition coefficient (Wildman–Crippen LogP) is 5.36. The van der Waals surface area contributed by atoms with Crippen LogP contribution in [0, 0.1) is 5.92 Å². The highest BCUT2D eigenvalue weighted by molar-refractivity contribution is 6.36. The summed E-state index contributed by atoms with van der Waals surface area (Å²) in [6.45, 7) is 1.91. The molecule has 7 rings (SSSR count). The Labute approximate surface area is 290 Å². The van der Waals surface area contributed by atoms with Crippen LogP contribution in [0.5, 0.6) is 23.0 Å². The van der Waals surface area contributed by atoms with Crippen LogP contribution in [-0.4, -0.2) is 66.1 Å². The standard InChI is InChI=1S/C36H31ClN4O9/c1-18-15-24-28(33(43)36(18)34(44)29-23(46-3)17-25(47-4)30(37)32(29)49-36)21(31(48-24)19-8-10-20(45-2)11-9-19)16-26(42)39-14-12-27-40-35(41-50-27)22-7-5-6-13-38-22/h5-11,13,17-18H,12,14-16H2,1-4H3,(H,39,42). The van der Waals surface area contributed by atoms with Crippen molar-refractivity contribution in [3.63, 3.8) is 0 Å². The first-order valence-electron chi connectivity index (χ1n) is 15.7. The molecule has 3 aromatic heterocycles. The molecule has 4 heterocycles. The number of nitrogens with one attached hydrogen (secondary N) is 1. The molecule has 2 unspecified atom stereocenters. The number of nitrogens with zero attached hydrogens (tertiary/aromatic N) is 3. The third kappa shape index (κ3) is 5.34. The van der Waals surface area contributed by atoms with E-state index in [-0.39, 0.29) is 59.2 Å². The van der Waals surface area contributed by atoms with Crippen molar-refractivity contribution in [3.05, 3.63) is 88.1 Å². The summed E-state index contributed by atoms with van der Waals surface area (Å²) in [6.07, 6.45) is 1.81. The molecule has 0 bridgehead atoms. The Balaban J connectivity index is 1.21. The van der Waals surface area contributed by atoms with Gasteiger partial charge in [-0.15, -0.1) is 0 Å². The number of aromatic nitrogens is 3. The Hall–Kier alpha value is -5.69.